The Bertz CT molecular complexity index is 564. The van der Waals surface area contributed by atoms with Gasteiger partial charge in [-0.15, -0.1) is 0 Å². The molecule has 1 aromatic carbocycles. The number of benzene rings is 1. The van der Waals surface area contributed by atoms with Crippen LogP contribution in [0.2, 0.25) is 0 Å². The topological polar surface area (TPSA) is 78.4 Å². The van der Waals surface area contributed by atoms with Crippen LogP contribution >= 0.6 is 0 Å². The van der Waals surface area contributed by atoms with Gasteiger partial charge in [0, 0.05) is 11.7 Å². The molecule has 1 heterocycles. The Hall–Kier alpha value is -1.88. The first kappa shape index (κ1) is 12.2. The highest BCUT2D eigenvalue weighted by atomic mass is 16.4. The molecule has 5 nitrogen and oxygen atoms in total. The minimum Gasteiger partial charge on any atom is -0.481 e. The Labute approximate surface area is 111 Å². The van der Waals surface area contributed by atoms with Crippen molar-refractivity contribution >= 4 is 17.6 Å². The molecule has 0 bridgehead atoms. The number of fused-ring (bicyclic) bond motifs is 1. The fourth-order valence-electron chi connectivity index (χ4n) is 2.95. The number of rotatable bonds is 4. The summed E-state index contributed by atoms with van der Waals surface area (Å²) < 4.78 is 0. The van der Waals surface area contributed by atoms with Crippen molar-refractivity contribution in [2.45, 2.75) is 25.3 Å². The predicted octanol–water partition coefficient (Wildman–Crippen LogP) is 1.31. The first-order valence-corrected chi connectivity index (χ1v) is 6.40. The van der Waals surface area contributed by atoms with Crippen LogP contribution in [0.15, 0.2) is 18.2 Å². The molecule has 100 valence electrons. The zero-order valence-corrected chi connectivity index (χ0v) is 10.7. The van der Waals surface area contributed by atoms with E-state index in [1.54, 1.807) is 7.05 Å². The van der Waals surface area contributed by atoms with Crippen molar-refractivity contribution < 1.29 is 14.7 Å². The summed E-state index contributed by atoms with van der Waals surface area (Å²) in [6, 6.07) is 5.50. The quantitative estimate of drug-likeness (QED) is 0.762. The second-order valence-electron chi connectivity index (χ2n) is 5.32. The second-order valence-corrected chi connectivity index (χ2v) is 5.32. The number of anilines is 1. The largest absolute Gasteiger partial charge is 0.481 e. The Morgan fingerprint density at radius 1 is 1.47 bits per heavy atom. The van der Waals surface area contributed by atoms with Gasteiger partial charge in [-0.2, -0.15) is 0 Å². The third-order valence-corrected chi connectivity index (χ3v) is 4.14. The number of carbonyl (C=O) groups is 2. The van der Waals surface area contributed by atoms with E-state index in [0.717, 1.165) is 16.8 Å². The molecule has 1 amide bonds. The second kappa shape index (κ2) is 4.06. The maximum Gasteiger partial charge on any atom is 0.311 e. The molecule has 0 aromatic heterocycles. The highest BCUT2D eigenvalue weighted by molar-refractivity contribution is 5.99. The number of carbonyl (C=O) groups excluding carboxylic acids is 1. The molecule has 1 aromatic rings. The van der Waals surface area contributed by atoms with Crippen LogP contribution in [-0.2, 0) is 16.0 Å². The van der Waals surface area contributed by atoms with Crippen LogP contribution in [0.3, 0.4) is 0 Å². The van der Waals surface area contributed by atoms with Crippen molar-refractivity contribution in [1.29, 1.82) is 0 Å². The lowest BCUT2D eigenvalue weighted by Gasteiger charge is -2.24. The number of amides is 1. The monoisotopic (exact) mass is 260 g/mol. The summed E-state index contributed by atoms with van der Waals surface area (Å²) in [5.74, 6) is -0.755. The summed E-state index contributed by atoms with van der Waals surface area (Å²) in [5, 5.41) is 15.3. The summed E-state index contributed by atoms with van der Waals surface area (Å²) in [5.41, 5.74) is 2.05. The lowest BCUT2D eigenvalue weighted by atomic mass is 9.89. The van der Waals surface area contributed by atoms with Crippen LogP contribution in [0.4, 0.5) is 5.69 Å². The fourth-order valence-corrected chi connectivity index (χ4v) is 2.95. The van der Waals surface area contributed by atoms with E-state index in [-0.39, 0.29) is 11.9 Å². The van der Waals surface area contributed by atoms with E-state index >= 15 is 0 Å². The zero-order valence-electron chi connectivity index (χ0n) is 10.7. The van der Waals surface area contributed by atoms with Crippen LogP contribution < -0.4 is 10.6 Å². The molecular weight excluding hydrogens is 244 g/mol. The number of aliphatic carboxylic acids is 1. The van der Waals surface area contributed by atoms with Crippen LogP contribution in [0.5, 0.6) is 0 Å². The minimum atomic E-state index is -0.749. The van der Waals surface area contributed by atoms with Crippen molar-refractivity contribution in [1.82, 2.24) is 5.32 Å². The van der Waals surface area contributed by atoms with Gasteiger partial charge >= 0.3 is 5.97 Å². The van der Waals surface area contributed by atoms with Crippen molar-refractivity contribution in [3.05, 3.63) is 29.3 Å². The number of hydrogen-bond donors (Lipinski definition) is 3. The molecule has 2 aliphatic rings. The summed E-state index contributed by atoms with van der Waals surface area (Å²) >= 11 is 0. The maximum absolute atomic E-state index is 11.4. The molecule has 1 unspecified atom stereocenters. The highest BCUT2D eigenvalue weighted by Gasteiger charge is 2.56. The van der Waals surface area contributed by atoms with Gasteiger partial charge in [0.1, 0.15) is 0 Å². The Balaban J connectivity index is 1.96. The minimum absolute atomic E-state index is 0.00692. The van der Waals surface area contributed by atoms with Crippen molar-refractivity contribution in [3.63, 3.8) is 0 Å². The fraction of sp³-hybridized carbons (Fsp3) is 0.429. The van der Waals surface area contributed by atoms with Crippen molar-refractivity contribution in [2.75, 3.05) is 12.4 Å². The van der Waals surface area contributed by atoms with Gasteiger partial charge in [0.05, 0.1) is 11.8 Å². The van der Waals surface area contributed by atoms with Gasteiger partial charge in [-0.05, 0) is 37.1 Å². The average molecular weight is 260 g/mol. The lowest BCUT2D eigenvalue weighted by Crippen LogP contribution is -2.32. The smallest absolute Gasteiger partial charge is 0.311 e. The van der Waals surface area contributed by atoms with Crippen molar-refractivity contribution in [3.8, 4) is 0 Å². The molecule has 1 aliphatic carbocycles. The predicted molar refractivity (Wildman–Crippen MR) is 69.9 cm³/mol. The third kappa shape index (κ3) is 1.81. The summed E-state index contributed by atoms with van der Waals surface area (Å²) in [7, 11) is 1.78. The van der Waals surface area contributed by atoms with Gasteiger partial charge in [-0.25, -0.2) is 0 Å². The molecule has 0 saturated heterocycles. The van der Waals surface area contributed by atoms with E-state index < -0.39 is 11.4 Å². The molecule has 1 fully saturated rings. The number of carboxylic acids is 1. The van der Waals surface area contributed by atoms with Crippen LogP contribution in [0.1, 0.15) is 30.0 Å². The standard InChI is InChI=1S/C14H16N2O3/c1-15-12(14(4-5-14)13(18)19)8-2-3-10-9(6-8)7-11(17)16-10/h2-3,6,12,15H,4-5,7H2,1H3,(H,16,17)(H,18,19). The van der Waals surface area contributed by atoms with E-state index in [2.05, 4.69) is 10.6 Å². The summed E-state index contributed by atoms with van der Waals surface area (Å²) in [6.45, 7) is 0. The Kier molecular flexibility index (Phi) is 2.60. The van der Waals surface area contributed by atoms with E-state index in [9.17, 15) is 14.7 Å². The Morgan fingerprint density at radius 3 is 2.79 bits per heavy atom. The third-order valence-electron chi connectivity index (χ3n) is 4.14. The zero-order chi connectivity index (χ0) is 13.6. The van der Waals surface area contributed by atoms with E-state index in [1.807, 2.05) is 18.2 Å². The van der Waals surface area contributed by atoms with Gasteiger partial charge in [-0.1, -0.05) is 12.1 Å². The number of carboxylic acid groups (broad SMARTS) is 1. The van der Waals surface area contributed by atoms with Gasteiger partial charge < -0.3 is 15.7 Å². The molecule has 1 saturated carbocycles. The van der Waals surface area contributed by atoms with Crippen molar-refractivity contribution in [2.24, 2.45) is 5.41 Å². The number of nitrogens with one attached hydrogen (secondary N) is 2. The van der Waals surface area contributed by atoms with E-state index in [1.165, 1.54) is 0 Å². The Morgan fingerprint density at radius 2 is 2.21 bits per heavy atom. The highest BCUT2D eigenvalue weighted by Crippen LogP contribution is 2.55. The summed E-state index contributed by atoms with van der Waals surface area (Å²) in [4.78, 5) is 22.8. The van der Waals surface area contributed by atoms with E-state index in [4.69, 9.17) is 0 Å². The first-order valence-electron chi connectivity index (χ1n) is 6.40. The molecule has 1 atom stereocenters. The van der Waals surface area contributed by atoms with Gasteiger partial charge in [0.25, 0.3) is 0 Å². The first-order chi connectivity index (χ1) is 9.06. The average Bonchev–Trinajstić information content (AvgIpc) is 3.07. The molecule has 3 rings (SSSR count). The van der Waals surface area contributed by atoms with Gasteiger partial charge in [0.2, 0.25) is 5.91 Å². The molecule has 19 heavy (non-hydrogen) atoms. The van der Waals surface area contributed by atoms with E-state index in [0.29, 0.717) is 19.3 Å². The SMILES string of the molecule is CNC(c1ccc2c(c1)CC(=O)N2)C1(C(=O)O)CC1. The normalized spacial score (nSPS) is 20.6. The van der Waals surface area contributed by atoms with Gasteiger partial charge in [-0.3, -0.25) is 9.59 Å². The lowest BCUT2D eigenvalue weighted by molar-refractivity contribution is -0.144. The molecule has 0 spiro atoms. The molecule has 3 N–H and O–H groups in total. The molecule has 0 radical (unpaired) electrons. The maximum atomic E-state index is 11.4. The molecule has 1 aliphatic heterocycles. The molecule has 5 heteroatoms. The van der Waals surface area contributed by atoms with Crippen LogP contribution in [-0.4, -0.2) is 24.0 Å². The number of hydrogen-bond acceptors (Lipinski definition) is 3. The summed E-state index contributed by atoms with van der Waals surface area (Å²) in [6.07, 6.45) is 1.77. The molecular formula is C14H16N2O3. The van der Waals surface area contributed by atoms with Crippen LogP contribution in [0, 0.1) is 5.41 Å². The van der Waals surface area contributed by atoms with Gasteiger partial charge in [0.15, 0.2) is 0 Å². The van der Waals surface area contributed by atoms with Crippen LogP contribution in [0.25, 0.3) is 0 Å².